The Hall–Kier alpha value is -2.44. The van der Waals surface area contributed by atoms with Gasteiger partial charge in [0, 0.05) is 6.42 Å². The number of allylic oxidation sites excluding steroid dienone is 10. The minimum atomic E-state index is -0.799. The van der Waals surface area contributed by atoms with E-state index in [0.717, 1.165) is 89.9 Å². The fourth-order valence-electron chi connectivity index (χ4n) is 7.19. The molecule has 0 spiro atoms. The summed E-state index contributed by atoms with van der Waals surface area (Å²) in [6.45, 7) is 6.31. The SMILES string of the molecule is CC/C=C/C=C/C=C\CCCCCC(CC(=O)NC(CO)C(O)CCCCCCCCCCCC)OC(=O)CCCCCCC/C=C/C=C/CCCCCCCCC. The lowest BCUT2D eigenvalue weighted by Crippen LogP contribution is -2.46. The monoisotopic (exact) mass is 812 g/mol. The number of unbranched alkanes of at least 4 members (excludes halogenated alkanes) is 24. The van der Waals surface area contributed by atoms with Crippen molar-refractivity contribution in [3.8, 4) is 0 Å². The zero-order valence-electron chi connectivity index (χ0n) is 38.2. The number of rotatable bonds is 43. The number of ether oxygens (including phenoxy) is 1. The Morgan fingerprint density at radius 3 is 1.43 bits per heavy atom. The van der Waals surface area contributed by atoms with Gasteiger partial charge in [0.2, 0.25) is 5.91 Å². The Morgan fingerprint density at radius 2 is 0.931 bits per heavy atom. The lowest BCUT2D eigenvalue weighted by Gasteiger charge is -2.24. The molecule has 58 heavy (non-hydrogen) atoms. The molecule has 0 aromatic heterocycles. The molecule has 0 aromatic carbocycles. The smallest absolute Gasteiger partial charge is 0.306 e. The van der Waals surface area contributed by atoms with Gasteiger partial charge in [0.1, 0.15) is 6.10 Å². The highest BCUT2D eigenvalue weighted by molar-refractivity contribution is 5.77. The Bertz CT molecular complexity index is 1050. The van der Waals surface area contributed by atoms with Crippen molar-refractivity contribution in [2.75, 3.05) is 6.61 Å². The molecule has 0 saturated carbocycles. The van der Waals surface area contributed by atoms with E-state index in [0.29, 0.717) is 19.3 Å². The van der Waals surface area contributed by atoms with Gasteiger partial charge in [0.05, 0.1) is 25.2 Å². The number of carbonyl (C=O) groups is 2. The molecule has 0 heterocycles. The number of nitrogens with one attached hydrogen (secondary N) is 1. The van der Waals surface area contributed by atoms with Crippen LogP contribution in [0, 0.1) is 0 Å². The lowest BCUT2D eigenvalue weighted by atomic mass is 10.0. The second-order valence-electron chi connectivity index (χ2n) is 16.6. The Morgan fingerprint density at radius 1 is 0.517 bits per heavy atom. The zero-order valence-corrected chi connectivity index (χ0v) is 38.2. The van der Waals surface area contributed by atoms with E-state index in [2.05, 4.69) is 74.7 Å². The van der Waals surface area contributed by atoms with Crippen molar-refractivity contribution in [1.29, 1.82) is 0 Å². The van der Waals surface area contributed by atoms with Gasteiger partial charge >= 0.3 is 5.97 Å². The number of carbonyl (C=O) groups excluding carboxylic acids is 2. The van der Waals surface area contributed by atoms with Crippen LogP contribution >= 0.6 is 0 Å². The van der Waals surface area contributed by atoms with Gasteiger partial charge in [-0.2, -0.15) is 0 Å². The predicted octanol–water partition coefficient (Wildman–Crippen LogP) is 14.5. The van der Waals surface area contributed by atoms with Crippen LogP contribution in [-0.2, 0) is 14.3 Å². The lowest BCUT2D eigenvalue weighted by molar-refractivity contribution is -0.151. The third-order valence-electron chi connectivity index (χ3n) is 10.9. The van der Waals surface area contributed by atoms with Gasteiger partial charge in [-0.1, -0.05) is 210 Å². The first-order valence-corrected chi connectivity index (χ1v) is 24.6. The van der Waals surface area contributed by atoms with Gasteiger partial charge in [-0.05, 0) is 70.6 Å². The molecule has 1 amide bonds. The third-order valence-corrected chi connectivity index (χ3v) is 10.9. The molecule has 3 N–H and O–H groups in total. The van der Waals surface area contributed by atoms with Gasteiger partial charge in [-0.3, -0.25) is 9.59 Å². The van der Waals surface area contributed by atoms with Crippen LogP contribution in [0.1, 0.15) is 233 Å². The largest absolute Gasteiger partial charge is 0.462 e. The Kier molecular flexibility index (Phi) is 43.7. The van der Waals surface area contributed by atoms with Gasteiger partial charge < -0.3 is 20.3 Å². The molecule has 3 unspecified atom stereocenters. The number of amides is 1. The van der Waals surface area contributed by atoms with Crippen molar-refractivity contribution in [2.45, 2.75) is 251 Å². The van der Waals surface area contributed by atoms with Gasteiger partial charge in [0.25, 0.3) is 0 Å². The molecule has 336 valence electrons. The minimum Gasteiger partial charge on any atom is -0.462 e. The van der Waals surface area contributed by atoms with Gasteiger partial charge in [0.15, 0.2) is 0 Å². The molecule has 0 aliphatic carbocycles. The molecule has 6 nitrogen and oxygen atoms in total. The first-order valence-electron chi connectivity index (χ1n) is 24.6. The number of aliphatic hydroxyl groups excluding tert-OH is 2. The van der Waals surface area contributed by atoms with Crippen molar-refractivity contribution in [3.05, 3.63) is 60.8 Å². The first-order chi connectivity index (χ1) is 28.5. The van der Waals surface area contributed by atoms with E-state index in [1.54, 1.807) is 0 Å². The van der Waals surface area contributed by atoms with Crippen molar-refractivity contribution in [1.82, 2.24) is 5.32 Å². The second-order valence-corrected chi connectivity index (χ2v) is 16.6. The molecule has 0 aliphatic heterocycles. The average Bonchev–Trinajstić information content (AvgIpc) is 3.22. The van der Waals surface area contributed by atoms with Crippen molar-refractivity contribution < 1.29 is 24.5 Å². The maximum Gasteiger partial charge on any atom is 0.306 e. The standard InChI is InChI=1S/C52H93NO5/c1-4-7-10-13-16-19-22-23-24-25-26-27-28-30-33-36-39-42-45-52(57)58-48(43-40-37-34-31-29-20-17-14-11-8-5-2)46-51(56)53-49(47-54)50(55)44-41-38-35-32-21-18-15-12-9-6-3/h8,11,14,17,20,24-27,29,48-50,54-55H,4-7,9-10,12-13,15-16,18-19,21-23,28,30-47H2,1-3H3,(H,53,56)/b11-8+,17-14+,25-24+,27-26+,29-20-. The van der Waals surface area contributed by atoms with Gasteiger partial charge in [-0.25, -0.2) is 0 Å². The zero-order chi connectivity index (χ0) is 42.4. The van der Waals surface area contributed by atoms with Crippen LogP contribution < -0.4 is 5.32 Å². The molecule has 0 rings (SSSR count). The normalized spacial score (nSPS) is 13.8. The number of hydrogen-bond donors (Lipinski definition) is 3. The molecule has 0 radical (unpaired) electrons. The summed E-state index contributed by atoms with van der Waals surface area (Å²) in [5.41, 5.74) is 0. The van der Waals surface area contributed by atoms with Crippen LogP contribution in [0.5, 0.6) is 0 Å². The molecular formula is C52H93NO5. The van der Waals surface area contributed by atoms with Crippen molar-refractivity contribution >= 4 is 11.9 Å². The van der Waals surface area contributed by atoms with Crippen LogP contribution in [0.25, 0.3) is 0 Å². The summed E-state index contributed by atoms with van der Waals surface area (Å²) in [4.78, 5) is 26.0. The summed E-state index contributed by atoms with van der Waals surface area (Å²) >= 11 is 0. The van der Waals surface area contributed by atoms with Crippen LogP contribution in [0.4, 0.5) is 0 Å². The summed E-state index contributed by atoms with van der Waals surface area (Å²) in [5, 5.41) is 23.6. The Balaban J connectivity index is 4.59. The molecule has 0 saturated heterocycles. The van der Waals surface area contributed by atoms with Crippen molar-refractivity contribution in [3.63, 3.8) is 0 Å². The fourth-order valence-corrected chi connectivity index (χ4v) is 7.19. The minimum absolute atomic E-state index is 0.0466. The van der Waals surface area contributed by atoms with Crippen LogP contribution in [0.2, 0.25) is 0 Å². The quantitative estimate of drug-likeness (QED) is 0.0324. The molecule has 3 atom stereocenters. The highest BCUT2D eigenvalue weighted by Crippen LogP contribution is 2.17. The summed E-state index contributed by atoms with van der Waals surface area (Å²) < 4.78 is 5.89. The topological polar surface area (TPSA) is 95.9 Å². The van der Waals surface area contributed by atoms with E-state index in [1.165, 1.54) is 96.3 Å². The van der Waals surface area contributed by atoms with Gasteiger partial charge in [-0.15, -0.1) is 0 Å². The van der Waals surface area contributed by atoms with Crippen molar-refractivity contribution in [2.24, 2.45) is 0 Å². The highest BCUT2D eigenvalue weighted by Gasteiger charge is 2.24. The van der Waals surface area contributed by atoms with Crippen LogP contribution in [0.15, 0.2) is 60.8 Å². The maximum atomic E-state index is 13.1. The fraction of sp³-hybridized carbons (Fsp3) is 0.769. The third kappa shape index (κ3) is 40.3. The van der Waals surface area contributed by atoms with E-state index < -0.39 is 18.2 Å². The number of hydrogen-bond acceptors (Lipinski definition) is 5. The average molecular weight is 812 g/mol. The summed E-state index contributed by atoms with van der Waals surface area (Å²) in [6, 6.07) is -0.715. The van der Waals surface area contributed by atoms with E-state index in [9.17, 15) is 19.8 Å². The number of aliphatic hydroxyl groups is 2. The van der Waals surface area contributed by atoms with Crippen LogP contribution in [0.3, 0.4) is 0 Å². The molecule has 0 bridgehead atoms. The number of esters is 1. The van der Waals surface area contributed by atoms with E-state index in [1.807, 2.05) is 12.2 Å². The van der Waals surface area contributed by atoms with E-state index in [-0.39, 0.29) is 24.9 Å². The molecule has 6 heteroatoms. The maximum absolute atomic E-state index is 13.1. The molecule has 0 fully saturated rings. The highest BCUT2D eigenvalue weighted by atomic mass is 16.5. The predicted molar refractivity (Wildman–Crippen MR) is 250 cm³/mol. The summed E-state index contributed by atoms with van der Waals surface area (Å²) in [7, 11) is 0. The second kappa shape index (κ2) is 45.6. The Labute approximate surface area is 358 Å². The van der Waals surface area contributed by atoms with E-state index in [4.69, 9.17) is 4.74 Å². The first kappa shape index (κ1) is 55.6. The van der Waals surface area contributed by atoms with E-state index >= 15 is 0 Å². The van der Waals surface area contributed by atoms with Crippen LogP contribution in [-0.4, -0.2) is 46.9 Å². The molecule has 0 aliphatic rings. The molecule has 0 aromatic rings. The summed E-state index contributed by atoms with van der Waals surface area (Å²) in [6.07, 6.45) is 55.7. The molecular weight excluding hydrogens is 719 g/mol. The summed E-state index contributed by atoms with van der Waals surface area (Å²) in [5.74, 6) is -0.529.